The first kappa shape index (κ1) is 15.9. The predicted octanol–water partition coefficient (Wildman–Crippen LogP) is 2.27. The molecule has 0 saturated carbocycles. The van der Waals surface area contributed by atoms with Crippen LogP contribution in [0.4, 0.5) is 5.69 Å². The minimum Gasteiger partial charge on any atom is -0.454 e. The number of carbonyl (C=O) groups is 2. The third-order valence-corrected chi connectivity index (χ3v) is 3.77. The second-order valence-electron chi connectivity index (χ2n) is 5.54. The maximum Gasteiger partial charge on any atom is 0.313 e. The average molecular weight is 326 g/mol. The van der Waals surface area contributed by atoms with Crippen LogP contribution in [0.15, 0.2) is 48.5 Å². The molecule has 6 nitrogen and oxygen atoms in total. The van der Waals surface area contributed by atoms with Crippen LogP contribution in [-0.2, 0) is 9.59 Å². The van der Waals surface area contributed by atoms with Gasteiger partial charge in [-0.25, -0.2) is 0 Å². The summed E-state index contributed by atoms with van der Waals surface area (Å²) in [6, 6.07) is 14.8. The van der Waals surface area contributed by atoms with E-state index in [1.54, 1.807) is 18.2 Å². The summed E-state index contributed by atoms with van der Waals surface area (Å²) in [5.74, 6) is -0.0990. The molecule has 0 spiro atoms. The van der Waals surface area contributed by atoms with E-state index in [0.29, 0.717) is 23.7 Å². The molecule has 2 aromatic rings. The van der Waals surface area contributed by atoms with Gasteiger partial charge in [0.25, 0.3) is 0 Å². The second kappa shape index (κ2) is 7.04. The fourth-order valence-corrected chi connectivity index (χ4v) is 2.39. The molecule has 1 aliphatic heterocycles. The van der Waals surface area contributed by atoms with Crippen molar-refractivity contribution in [1.82, 2.24) is 5.32 Å². The maximum absolute atomic E-state index is 12.0. The maximum atomic E-state index is 12.0. The van der Waals surface area contributed by atoms with Crippen molar-refractivity contribution in [1.29, 1.82) is 0 Å². The lowest BCUT2D eigenvalue weighted by molar-refractivity contribution is -0.136. The van der Waals surface area contributed by atoms with Gasteiger partial charge < -0.3 is 20.1 Å². The first-order valence-electron chi connectivity index (χ1n) is 7.67. The molecular formula is C18H18N2O4. The number of rotatable bonds is 4. The number of nitrogens with one attached hydrogen (secondary N) is 2. The number of carbonyl (C=O) groups excluding carboxylic acids is 2. The number of hydrogen-bond donors (Lipinski definition) is 2. The van der Waals surface area contributed by atoms with E-state index < -0.39 is 11.8 Å². The number of benzene rings is 2. The summed E-state index contributed by atoms with van der Waals surface area (Å²) in [5, 5.41) is 5.19. The number of ether oxygens (including phenoxy) is 2. The highest BCUT2D eigenvalue weighted by atomic mass is 16.7. The summed E-state index contributed by atoms with van der Waals surface area (Å²) in [7, 11) is 0. The third kappa shape index (κ3) is 3.65. The fourth-order valence-electron chi connectivity index (χ4n) is 2.39. The normalized spacial score (nSPS) is 13.2. The standard InChI is InChI=1S/C18H18N2O4/c1-12(13-5-3-2-4-6-13)10-19-17(21)18(22)20-14-7-8-15-16(9-14)24-11-23-15/h2-9,12H,10-11H2,1H3,(H,19,21)(H,20,22)/t12-/m1/s1. The summed E-state index contributed by atoms with van der Waals surface area (Å²) >= 11 is 0. The van der Waals surface area contributed by atoms with Crippen LogP contribution in [0.1, 0.15) is 18.4 Å². The Labute approximate surface area is 139 Å². The Bertz CT molecular complexity index is 746. The lowest BCUT2D eigenvalue weighted by Crippen LogP contribution is -2.37. The van der Waals surface area contributed by atoms with E-state index in [-0.39, 0.29) is 12.7 Å². The van der Waals surface area contributed by atoms with Gasteiger partial charge in [0.15, 0.2) is 11.5 Å². The van der Waals surface area contributed by atoms with Crippen LogP contribution < -0.4 is 20.1 Å². The zero-order valence-electron chi connectivity index (χ0n) is 13.2. The van der Waals surface area contributed by atoms with Crippen molar-refractivity contribution in [2.24, 2.45) is 0 Å². The monoisotopic (exact) mass is 326 g/mol. The molecule has 0 fully saturated rings. The van der Waals surface area contributed by atoms with E-state index in [9.17, 15) is 9.59 Å². The Hall–Kier alpha value is -3.02. The van der Waals surface area contributed by atoms with Crippen LogP contribution in [0.25, 0.3) is 0 Å². The summed E-state index contributed by atoms with van der Waals surface area (Å²) in [6.07, 6.45) is 0. The highest BCUT2D eigenvalue weighted by Gasteiger charge is 2.18. The molecule has 0 unspecified atom stereocenters. The molecule has 0 saturated heterocycles. The Morgan fingerprint density at radius 3 is 2.58 bits per heavy atom. The van der Waals surface area contributed by atoms with E-state index in [4.69, 9.17) is 9.47 Å². The Morgan fingerprint density at radius 2 is 1.79 bits per heavy atom. The van der Waals surface area contributed by atoms with Crippen molar-refractivity contribution >= 4 is 17.5 Å². The molecule has 1 aliphatic rings. The van der Waals surface area contributed by atoms with Crippen LogP contribution in [-0.4, -0.2) is 25.2 Å². The number of anilines is 1. The second-order valence-corrected chi connectivity index (χ2v) is 5.54. The van der Waals surface area contributed by atoms with Gasteiger partial charge in [-0.05, 0) is 23.6 Å². The van der Waals surface area contributed by atoms with Gasteiger partial charge in [0, 0.05) is 18.3 Å². The Balaban J connectivity index is 1.52. The van der Waals surface area contributed by atoms with Gasteiger partial charge in [-0.3, -0.25) is 9.59 Å². The first-order valence-corrected chi connectivity index (χ1v) is 7.67. The van der Waals surface area contributed by atoms with Crippen molar-refractivity contribution in [3.8, 4) is 11.5 Å². The predicted molar refractivity (Wildman–Crippen MR) is 89.1 cm³/mol. The molecule has 2 amide bonds. The molecule has 1 atom stereocenters. The Morgan fingerprint density at radius 1 is 1.04 bits per heavy atom. The minimum atomic E-state index is -0.714. The van der Waals surface area contributed by atoms with Crippen molar-refractivity contribution in [3.05, 3.63) is 54.1 Å². The van der Waals surface area contributed by atoms with Crippen LogP contribution in [0, 0.1) is 0 Å². The molecule has 2 aromatic carbocycles. The third-order valence-electron chi connectivity index (χ3n) is 3.77. The van der Waals surface area contributed by atoms with E-state index in [1.807, 2.05) is 37.3 Å². The molecule has 6 heteroatoms. The van der Waals surface area contributed by atoms with E-state index in [1.165, 1.54) is 0 Å². The topological polar surface area (TPSA) is 76.7 Å². The summed E-state index contributed by atoms with van der Waals surface area (Å²) in [6.45, 7) is 2.54. The van der Waals surface area contributed by atoms with Crippen molar-refractivity contribution in [2.75, 3.05) is 18.7 Å². The fraction of sp³-hybridized carbons (Fsp3) is 0.222. The molecule has 1 heterocycles. The van der Waals surface area contributed by atoms with Gasteiger partial charge in [-0.15, -0.1) is 0 Å². The quantitative estimate of drug-likeness (QED) is 0.845. The smallest absolute Gasteiger partial charge is 0.313 e. The molecular weight excluding hydrogens is 308 g/mol. The van der Waals surface area contributed by atoms with E-state index >= 15 is 0 Å². The van der Waals surface area contributed by atoms with Gasteiger partial charge in [0.1, 0.15) is 0 Å². The van der Waals surface area contributed by atoms with Crippen LogP contribution in [0.3, 0.4) is 0 Å². The Kier molecular flexibility index (Phi) is 4.65. The molecule has 0 bridgehead atoms. The van der Waals surface area contributed by atoms with Crippen LogP contribution >= 0.6 is 0 Å². The first-order chi connectivity index (χ1) is 11.6. The molecule has 3 rings (SSSR count). The number of amides is 2. The van der Waals surface area contributed by atoms with Gasteiger partial charge in [0.2, 0.25) is 6.79 Å². The van der Waals surface area contributed by atoms with Crippen LogP contribution in [0.5, 0.6) is 11.5 Å². The van der Waals surface area contributed by atoms with E-state index in [2.05, 4.69) is 10.6 Å². The lowest BCUT2D eigenvalue weighted by atomic mass is 10.0. The van der Waals surface area contributed by atoms with Gasteiger partial charge >= 0.3 is 11.8 Å². The molecule has 2 N–H and O–H groups in total. The number of hydrogen-bond acceptors (Lipinski definition) is 4. The van der Waals surface area contributed by atoms with Gasteiger partial charge in [-0.1, -0.05) is 37.3 Å². The molecule has 0 radical (unpaired) electrons. The zero-order valence-corrected chi connectivity index (χ0v) is 13.2. The van der Waals surface area contributed by atoms with Crippen molar-refractivity contribution < 1.29 is 19.1 Å². The summed E-state index contributed by atoms with van der Waals surface area (Å²) in [4.78, 5) is 23.9. The molecule has 24 heavy (non-hydrogen) atoms. The average Bonchev–Trinajstić information content (AvgIpc) is 3.07. The zero-order chi connectivity index (χ0) is 16.9. The minimum absolute atomic E-state index is 0.119. The highest BCUT2D eigenvalue weighted by molar-refractivity contribution is 6.39. The van der Waals surface area contributed by atoms with Crippen molar-refractivity contribution in [2.45, 2.75) is 12.8 Å². The van der Waals surface area contributed by atoms with Crippen molar-refractivity contribution in [3.63, 3.8) is 0 Å². The van der Waals surface area contributed by atoms with Crippen LogP contribution in [0.2, 0.25) is 0 Å². The highest BCUT2D eigenvalue weighted by Crippen LogP contribution is 2.34. The van der Waals surface area contributed by atoms with Gasteiger partial charge in [0.05, 0.1) is 0 Å². The molecule has 124 valence electrons. The van der Waals surface area contributed by atoms with E-state index in [0.717, 1.165) is 5.56 Å². The largest absolute Gasteiger partial charge is 0.454 e. The molecule has 0 aliphatic carbocycles. The number of fused-ring (bicyclic) bond motifs is 1. The van der Waals surface area contributed by atoms with Gasteiger partial charge in [-0.2, -0.15) is 0 Å². The molecule has 0 aromatic heterocycles. The SMILES string of the molecule is C[C@H](CNC(=O)C(=O)Nc1ccc2c(c1)OCO2)c1ccccc1. The summed E-state index contributed by atoms with van der Waals surface area (Å²) < 4.78 is 10.4. The summed E-state index contributed by atoms with van der Waals surface area (Å²) in [5.41, 5.74) is 1.59. The lowest BCUT2D eigenvalue weighted by Gasteiger charge is -2.13.